The van der Waals surface area contributed by atoms with Crippen LogP contribution in [-0.4, -0.2) is 65.5 Å². The second-order valence-electron chi connectivity index (χ2n) is 10.8. The van der Waals surface area contributed by atoms with Gasteiger partial charge in [0.05, 0.1) is 23.4 Å². The summed E-state index contributed by atoms with van der Waals surface area (Å²) < 4.78 is 90.3. The van der Waals surface area contributed by atoms with E-state index in [-0.39, 0.29) is 40.1 Å². The van der Waals surface area contributed by atoms with E-state index in [1.54, 1.807) is 27.0 Å². The summed E-state index contributed by atoms with van der Waals surface area (Å²) in [5, 5.41) is 12.8. The molecule has 0 saturated carbocycles. The Bertz CT molecular complexity index is 1660. The van der Waals surface area contributed by atoms with Crippen molar-refractivity contribution in [1.29, 1.82) is 0 Å². The summed E-state index contributed by atoms with van der Waals surface area (Å²) in [6.07, 6.45) is -1.06. The van der Waals surface area contributed by atoms with Crippen LogP contribution in [0.25, 0.3) is 11.3 Å². The molecular formula is C32H37F6N5O4+2. The van der Waals surface area contributed by atoms with Crippen molar-refractivity contribution in [3.63, 3.8) is 0 Å². The molecule has 0 radical (unpaired) electrons. The minimum atomic E-state index is -5.20. The highest BCUT2D eigenvalue weighted by atomic mass is 19.4. The molecule has 0 saturated heterocycles. The minimum absolute atomic E-state index is 0.00332. The molecule has 15 heteroatoms. The first-order chi connectivity index (χ1) is 22.1. The summed E-state index contributed by atoms with van der Waals surface area (Å²) >= 11 is 0. The number of alkyl halides is 3. The van der Waals surface area contributed by atoms with E-state index in [0.717, 1.165) is 42.3 Å². The average molecular weight is 670 g/mol. The highest BCUT2D eigenvalue weighted by Crippen LogP contribution is 2.42. The van der Waals surface area contributed by atoms with Gasteiger partial charge in [-0.3, -0.25) is 4.79 Å². The van der Waals surface area contributed by atoms with E-state index in [0.29, 0.717) is 17.7 Å². The molecule has 4 rings (SSSR count). The van der Waals surface area contributed by atoms with E-state index < -0.39 is 47.5 Å². The number of fused-ring (bicyclic) bond motifs is 1. The predicted octanol–water partition coefficient (Wildman–Crippen LogP) is 5.80. The van der Waals surface area contributed by atoms with Gasteiger partial charge in [-0.1, -0.05) is 20.8 Å². The van der Waals surface area contributed by atoms with Gasteiger partial charge in [0.2, 0.25) is 5.60 Å². The highest BCUT2D eigenvalue weighted by molar-refractivity contribution is 5.94. The molecule has 47 heavy (non-hydrogen) atoms. The summed E-state index contributed by atoms with van der Waals surface area (Å²) in [5.41, 5.74) is -2.09. The predicted molar refractivity (Wildman–Crippen MR) is 162 cm³/mol. The number of methoxy groups -OCH3 is 1. The van der Waals surface area contributed by atoms with Gasteiger partial charge >= 0.3 is 6.18 Å². The molecule has 3 aromatic rings. The summed E-state index contributed by atoms with van der Waals surface area (Å²) in [5.74, 6) is 1.23. The van der Waals surface area contributed by atoms with Crippen LogP contribution < -0.4 is 15.9 Å². The number of nitrogens with zero attached hydrogens (tertiary/aromatic N) is 3. The maximum Gasteiger partial charge on any atom is 0.424 e. The van der Waals surface area contributed by atoms with E-state index in [2.05, 4.69) is 21.8 Å². The average Bonchev–Trinajstić information content (AvgIpc) is 3.01. The molecule has 254 valence electrons. The zero-order valence-corrected chi connectivity index (χ0v) is 26.5. The van der Waals surface area contributed by atoms with Crippen molar-refractivity contribution in [2.75, 3.05) is 27.2 Å². The number of nitroso groups, excluding NO2 is 1. The van der Waals surface area contributed by atoms with Gasteiger partial charge in [0.25, 0.3) is 11.7 Å². The number of carbonyl (C=O) groups excluding carboxylic acids is 1. The monoisotopic (exact) mass is 669 g/mol. The zero-order chi connectivity index (χ0) is 35.3. The van der Waals surface area contributed by atoms with Gasteiger partial charge in [-0.05, 0) is 49.4 Å². The van der Waals surface area contributed by atoms with Gasteiger partial charge in [-0.2, -0.15) is 23.6 Å². The largest absolute Gasteiger partial charge is 0.490 e. The molecule has 0 amide bonds. The maximum absolute atomic E-state index is 13.9. The van der Waals surface area contributed by atoms with Crippen LogP contribution in [0.3, 0.4) is 0 Å². The van der Waals surface area contributed by atoms with Gasteiger partial charge in [0.15, 0.2) is 29.4 Å². The molecular weight excluding hydrogens is 632 g/mol. The third-order valence-corrected chi connectivity index (χ3v) is 7.68. The number of nitrogens with one attached hydrogen (secondary N) is 1. The molecule has 2 heterocycles. The number of pyridine rings is 1. The van der Waals surface area contributed by atoms with Crippen LogP contribution in [0.2, 0.25) is 0 Å². The Morgan fingerprint density at radius 2 is 1.74 bits per heavy atom. The Morgan fingerprint density at radius 3 is 2.21 bits per heavy atom. The van der Waals surface area contributed by atoms with E-state index in [1.165, 1.54) is 7.05 Å². The van der Waals surface area contributed by atoms with Crippen molar-refractivity contribution in [1.82, 2.24) is 10.3 Å². The van der Waals surface area contributed by atoms with Crippen molar-refractivity contribution < 1.29 is 50.4 Å². The number of halogens is 6. The number of aliphatic hydroxyl groups is 1. The standard InChI is InChI=1S/C20H23F6N4O2.C12H14NO2/c1-4-11-12(15(5-2)30(27)32)8-16(19(31,9-28-3)20(24,25)26)29-18(11)10-6-13(21)17(23)14(22)7-10;1-3-4-13-7-10-5-9(8-14)6-11(15-2)12(10)13/h6-8,15,28,31H,4-5,9H2,1-3H3,(H2,27,32);5-8H,3-4H2,1-2H3/q2*+1. The lowest BCUT2D eigenvalue weighted by atomic mass is 9.88. The lowest BCUT2D eigenvalue weighted by Crippen LogP contribution is -2.50. The van der Waals surface area contributed by atoms with Crippen LogP contribution in [0.5, 0.6) is 5.75 Å². The van der Waals surface area contributed by atoms with Crippen molar-refractivity contribution in [2.24, 2.45) is 5.84 Å². The smallest absolute Gasteiger partial charge is 0.424 e. The SMILES string of the molecule is CCC[N+]1=Cc2cc(C=O)cc(OC)c21.CCc1c(C(CC)[N+](N)=O)cc(C(O)(CNC)C(F)(F)F)nc1-c1cc(F)c(F)c(F)c1. The number of hydrogen-bond donors (Lipinski definition) is 3. The Labute approximate surface area is 267 Å². The third kappa shape index (κ3) is 7.46. The lowest BCUT2D eigenvalue weighted by Gasteiger charge is -2.31. The van der Waals surface area contributed by atoms with Crippen LogP contribution in [0.15, 0.2) is 30.3 Å². The molecule has 4 N–H and O–H groups in total. The molecule has 0 spiro atoms. The number of hydrogen-bond acceptors (Lipinski definition) is 6. The zero-order valence-electron chi connectivity index (χ0n) is 26.5. The topological polar surface area (TPSA) is 121 Å². The molecule has 0 bridgehead atoms. The van der Waals surface area contributed by atoms with Crippen molar-refractivity contribution in [2.45, 2.75) is 57.9 Å². The molecule has 9 nitrogen and oxygen atoms in total. The molecule has 0 fully saturated rings. The third-order valence-electron chi connectivity index (χ3n) is 7.68. The van der Waals surface area contributed by atoms with Crippen LogP contribution >= 0.6 is 0 Å². The van der Waals surface area contributed by atoms with E-state index in [1.807, 2.05) is 12.3 Å². The fraction of sp³-hybridized carbons (Fsp3) is 0.406. The Balaban J connectivity index is 0.000000331. The van der Waals surface area contributed by atoms with E-state index in [9.17, 15) is 41.2 Å². The summed E-state index contributed by atoms with van der Waals surface area (Å²) in [4.78, 5) is 26.6. The Hall–Kier alpha value is -4.37. The van der Waals surface area contributed by atoms with Gasteiger partial charge in [-0.15, -0.1) is 0 Å². The van der Waals surface area contributed by atoms with Crippen molar-refractivity contribution in [3.05, 3.63) is 80.6 Å². The van der Waals surface area contributed by atoms with Crippen molar-refractivity contribution >= 4 is 18.2 Å². The summed E-state index contributed by atoms with van der Waals surface area (Å²) in [6.45, 7) is 5.27. The second-order valence-corrected chi connectivity index (χ2v) is 10.8. The van der Waals surface area contributed by atoms with Crippen LogP contribution in [0.4, 0.5) is 32.0 Å². The fourth-order valence-corrected chi connectivity index (χ4v) is 5.40. The molecule has 2 aromatic carbocycles. The normalized spacial score (nSPS) is 14.1. The number of likely N-dealkylation sites (N-methyl/N-ethyl adjacent to an activating group) is 1. The van der Waals surface area contributed by atoms with Gasteiger partial charge in [0, 0.05) is 36.1 Å². The Kier molecular flexibility index (Phi) is 11.9. The number of benzene rings is 2. The molecule has 0 aliphatic carbocycles. The maximum atomic E-state index is 13.9. The molecule has 2 unspecified atom stereocenters. The quantitative estimate of drug-likeness (QED) is 0.0557. The molecule has 2 atom stereocenters. The first kappa shape index (κ1) is 37.1. The van der Waals surface area contributed by atoms with Crippen LogP contribution in [0.1, 0.15) is 72.4 Å². The molecule has 1 aliphatic rings. The Morgan fingerprint density at radius 1 is 1.11 bits per heavy atom. The van der Waals surface area contributed by atoms with Crippen molar-refractivity contribution in [3.8, 4) is 17.0 Å². The highest BCUT2D eigenvalue weighted by Gasteiger charge is 2.56. The number of hydrazine groups is 1. The number of carbonyl (C=O) groups is 1. The minimum Gasteiger partial charge on any atom is -0.490 e. The fourth-order valence-electron chi connectivity index (χ4n) is 5.40. The summed E-state index contributed by atoms with van der Waals surface area (Å²) in [6, 6.07) is 4.59. The second kappa shape index (κ2) is 15.0. The van der Waals surface area contributed by atoms with Crippen LogP contribution in [-0.2, 0) is 12.0 Å². The number of nitrogens with two attached hydrogens (primary N) is 1. The first-order valence-electron chi connectivity index (χ1n) is 14.7. The van der Waals surface area contributed by atoms with Gasteiger partial charge in [0.1, 0.15) is 23.3 Å². The number of ether oxygens (including phenoxy) is 1. The van der Waals surface area contributed by atoms with Gasteiger partial charge < -0.3 is 15.2 Å². The molecule has 1 aliphatic heterocycles. The number of rotatable bonds is 12. The van der Waals surface area contributed by atoms with E-state index >= 15 is 0 Å². The number of aromatic nitrogens is 1. The molecule has 1 aromatic heterocycles. The van der Waals surface area contributed by atoms with Gasteiger partial charge in [-0.25, -0.2) is 18.2 Å². The van der Waals surface area contributed by atoms with E-state index in [4.69, 9.17) is 10.6 Å². The summed E-state index contributed by atoms with van der Waals surface area (Å²) in [7, 11) is 2.81. The van der Waals surface area contributed by atoms with Crippen LogP contribution in [0, 0.1) is 22.4 Å². The first-order valence-corrected chi connectivity index (χ1v) is 14.7. The number of aldehydes is 1. The lowest BCUT2D eigenvalue weighted by molar-refractivity contribution is -0.604.